The summed E-state index contributed by atoms with van der Waals surface area (Å²) in [5, 5.41) is 3.40. The maximum absolute atomic E-state index is 13.9. The molecule has 1 atom stereocenters. The van der Waals surface area contributed by atoms with Crippen molar-refractivity contribution in [2.45, 2.75) is 39.2 Å². The van der Waals surface area contributed by atoms with Crippen LogP contribution in [-0.4, -0.2) is 6.54 Å². The average molecular weight is 314 g/mol. The van der Waals surface area contributed by atoms with Crippen LogP contribution in [0.5, 0.6) is 0 Å². The maximum Gasteiger partial charge on any atom is 0.128 e. The number of benzene rings is 1. The average Bonchev–Trinajstić information content (AvgIpc) is 2.37. The zero-order valence-electron chi connectivity index (χ0n) is 11.1. The third kappa shape index (κ3) is 4.54. The molecule has 0 amide bonds. The van der Waals surface area contributed by atoms with Gasteiger partial charge in [-0.1, -0.05) is 41.9 Å². The molecule has 0 aliphatic carbocycles. The van der Waals surface area contributed by atoms with Crippen LogP contribution in [0.2, 0.25) is 0 Å². The predicted molar refractivity (Wildman–Crippen MR) is 79.2 cm³/mol. The molecule has 100 valence electrons. The van der Waals surface area contributed by atoms with Crippen LogP contribution in [0.15, 0.2) is 34.8 Å². The van der Waals surface area contributed by atoms with E-state index >= 15 is 0 Å². The summed E-state index contributed by atoms with van der Waals surface area (Å²) >= 11 is 3.40. The number of rotatable bonds is 7. The van der Waals surface area contributed by atoms with Gasteiger partial charge < -0.3 is 5.32 Å². The van der Waals surface area contributed by atoms with E-state index in [2.05, 4.69) is 41.7 Å². The molecule has 0 bridgehead atoms. The van der Waals surface area contributed by atoms with E-state index in [-0.39, 0.29) is 11.9 Å². The second-order valence-corrected chi connectivity index (χ2v) is 5.40. The van der Waals surface area contributed by atoms with Crippen molar-refractivity contribution < 1.29 is 4.39 Å². The largest absolute Gasteiger partial charge is 0.310 e. The fraction of sp³-hybridized carbons (Fsp3) is 0.467. The molecule has 1 aromatic rings. The lowest BCUT2D eigenvalue weighted by molar-refractivity contribution is 0.493. The second-order valence-electron chi connectivity index (χ2n) is 4.48. The van der Waals surface area contributed by atoms with Gasteiger partial charge in [0.05, 0.1) is 0 Å². The highest BCUT2D eigenvalue weighted by Crippen LogP contribution is 2.27. The fourth-order valence-corrected chi connectivity index (χ4v) is 2.20. The molecule has 0 aliphatic rings. The van der Waals surface area contributed by atoms with Crippen molar-refractivity contribution in [1.29, 1.82) is 0 Å². The molecule has 0 saturated carbocycles. The molecule has 3 heteroatoms. The number of hydrogen-bond donors (Lipinski definition) is 1. The van der Waals surface area contributed by atoms with Crippen LogP contribution in [0.25, 0.3) is 0 Å². The molecule has 0 spiro atoms. The van der Waals surface area contributed by atoms with Crippen molar-refractivity contribution in [3.8, 4) is 0 Å². The summed E-state index contributed by atoms with van der Waals surface area (Å²) < 4.78 is 14.8. The van der Waals surface area contributed by atoms with Gasteiger partial charge in [0.25, 0.3) is 0 Å². The Bertz CT molecular complexity index is 403. The highest BCUT2D eigenvalue weighted by atomic mass is 79.9. The molecule has 0 aromatic heterocycles. The normalized spacial score (nSPS) is 12.4. The summed E-state index contributed by atoms with van der Waals surface area (Å²) in [5.41, 5.74) is 1.86. The molecule has 1 nitrogen and oxygen atoms in total. The third-order valence-corrected chi connectivity index (χ3v) is 3.46. The quantitative estimate of drug-likeness (QED) is 0.700. The molecular formula is C15H21BrFN. The SMILES string of the molecule is C=C(CC)CC(NCCC)c1cc(Br)ccc1F. The van der Waals surface area contributed by atoms with Gasteiger partial charge in [-0.05, 0) is 44.0 Å². The lowest BCUT2D eigenvalue weighted by atomic mass is 9.98. The first-order valence-corrected chi connectivity index (χ1v) is 7.22. The minimum atomic E-state index is -0.157. The topological polar surface area (TPSA) is 12.0 Å². The van der Waals surface area contributed by atoms with Gasteiger partial charge in [-0.15, -0.1) is 0 Å². The Kier molecular flexibility index (Phi) is 6.58. The van der Waals surface area contributed by atoms with Gasteiger partial charge in [-0.3, -0.25) is 0 Å². The van der Waals surface area contributed by atoms with Crippen LogP contribution in [0.3, 0.4) is 0 Å². The summed E-state index contributed by atoms with van der Waals surface area (Å²) in [6.07, 6.45) is 2.74. The molecule has 0 saturated heterocycles. The van der Waals surface area contributed by atoms with E-state index in [1.807, 2.05) is 6.07 Å². The molecule has 0 aliphatic heterocycles. The second kappa shape index (κ2) is 7.70. The zero-order chi connectivity index (χ0) is 13.5. The van der Waals surface area contributed by atoms with Crippen molar-refractivity contribution in [3.05, 3.63) is 46.2 Å². The first-order valence-electron chi connectivity index (χ1n) is 6.43. The van der Waals surface area contributed by atoms with Crippen LogP contribution in [-0.2, 0) is 0 Å². The molecule has 1 rings (SSSR count). The van der Waals surface area contributed by atoms with E-state index in [9.17, 15) is 4.39 Å². The molecule has 1 N–H and O–H groups in total. The van der Waals surface area contributed by atoms with Crippen molar-refractivity contribution in [3.63, 3.8) is 0 Å². The van der Waals surface area contributed by atoms with Gasteiger partial charge in [0.2, 0.25) is 0 Å². The summed E-state index contributed by atoms with van der Waals surface area (Å²) in [6.45, 7) is 9.09. The Hall–Kier alpha value is -0.670. The highest BCUT2D eigenvalue weighted by molar-refractivity contribution is 9.10. The zero-order valence-corrected chi connectivity index (χ0v) is 12.7. The van der Waals surface area contributed by atoms with E-state index in [1.165, 1.54) is 6.07 Å². The lowest BCUT2D eigenvalue weighted by Gasteiger charge is -2.20. The maximum atomic E-state index is 13.9. The lowest BCUT2D eigenvalue weighted by Crippen LogP contribution is -2.23. The van der Waals surface area contributed by atoms with Crippen LogP contribution < -0.4 is 5.32 Å². The molecule has 0 heterocycles. The Labute approximate surface area is 118 Å². The number of halogens is 2. The van der Waals surface area contributed by atoms with Crippen molar-refractivity contribution in [2.75, 3.05) is 6.54 Å². The molecule has 18 heavy (non-hydrogen) atoms. The first-order chi connectivity index (χ1) is 8.58. The van der Waals surface area contributed by atoms with Gasteiger partial charge >= 0.3 is 0 Å². The number of hydrogen-bond acceptors (Lipinski definition) is 1. The van der Waals surface area contributed by atoms with Gasteiger partial charge in [0.15, 0.2) is 0 Å². The predicted octanol–water partition coefficient (Wildman–Crippen LogP) is 4.99. The van der Waals surface area contributed by atoms with E-state index in [1.54, 1.807) is 6.07 Å². The molecular weight excluding hydrogens is 293 g/mol. The highest BCUT2D eigenvalue weighted by Gasteiger charge is 2.16. The minimum absolute atomic E-state index is 0.00917. The van der Waals surface area contributed by atoms with Crippen molar-refractivity contribution in [2.24, 2.45) is 0 Å². The first kappa shape index (κ1) is 15.4. The molecule has 0 radical (unpaired) electrons. The van der Waals surface area contributed by atoms with Gasteiger partial charge in [0, 0.05) is 16.1 Å². The number of nitrogens with one attached hydrogen (secondary N) is 1. The summed E-state index contributed by atoms with van der Waals surface area (Å²) in [5.74, 6) is -0.157. The van der Waals surface area contributed by atoms with Crippen LogP contribution in [0.1, 0.15) is 44.7 Å². The van der Waals surface area contributed by atoms with E-state index < -0.39 is 0 Å². The smallest absolute Gasteiger partial charge is 0.128 e. The van der Waals surface area contributed by atoms with E-state index in [0.29, 0.717) is 5.56 Å². The fourth-order valence-electron chi connectivity index (χ4n) is 1.83. The summed E-state index contributed by atoms with van der Waals surface area (Å²) in [6, 6.07) is 5.10. The summed E-state index contributed by atoms with van der Waals surface area (Å²) in [4.78, 5) is 0. The standard InChI is InChI=1S/C15H21BrFN/c1-4-8-18-15(9-11(3)5-2)13-10-12(16)6-7-14(13)17/h6-7,10,15,18H,3-5,8-9H2,1-2H3. The Morgan fingerprint density at radius 1 is 1.44 bits per heavy atom. The van der Waals surface area contributed by atoms with Gasteiger partial charge in [0.1, 0.15) is 5.82 Å². The molecule has 1 aromatic carbocycles. The Morgan fingerprint density at radius 2 is 2.17 bits per heavy atom. The Balaban J connectivity index is 2.92. The Morgan fingerprint density at radius 3 is 2.78 bits per heavy atom. The third-order valence-electron chi connectivity index (χ3n) is 2.97. The van der Waals surface area contributed by atoms with Crippen LogP contribution in [0.4, 0.5) is 4.39 Å². The van der Waals surface area contributed by atoms with Gasteiger partial charge in [-0.2, -0.15) is 0 Å². The molecule has 1 unspecified atom stereocenters. The van der Waals surface area contributed by atoms with Gasteiger partial charge in [-0.25, -0.2) is 4.39 Å². The van der Waals surface area contributed by atoms with Crippen molar-refractivity contribution >= 4 is 15.9 Å². The van der Waals surface area contributed by atoms with E-state index in [4.69, 9.17) is 0 Å². The van der Waals surface area contributed by atoms with Crippen LogP contribution in [0, 0.1) is 5.82 Å². The van der Waals surface area contributed by atoms with E-state index in [0.717, 1.165) is 35.9 Å². The van der Waals surface area contributed by atoms with Crippen LogP contribution >= 0.6 is 15.9 Å². The monoisotopic (exact) mass is 313 g/mol. The van der Waals surface area contributed by atoms with Crippen molar-refractivity contribution in [1.82, 2.24) is 5.32 Å². The minimum Gasteiger partial charge on any atom is -0.310 e. The summed E-state index contributed by atoms with van der Waals surface area (Å²) in [7, 11) is 0. The molecule has 0 fully saturated rings.